The fourth-order valence-corrected chi connectivity index (χ4v) is 3.94. The number of halogens is 1. The molecule has 0 aromatic carbocycles. The van der Waals surface area contributed by atoms with Gasteiger partial charge in [0.15, 0.2) is 5.96 Å². The number of thiophene rings is 1. The quantitative estimate of drug-likeness (QED) is 0.259. The van der Waals surface area contributed by atoms with Gasteiger partial charge in [0.1, 0.15) is 0 Å². The molecule has 2 rings (SSSR count). The minimum absolute atomic E-state index is 0. The van der Waals surface area contributed by atoms with E-state index in [9.17, 15) is 0 Å². The first-order valence-corrected chi connectivity index (χ1v) is 9.89. The van der Waals surface area contributed by atoms with Crippen molar-refractivity contribution in [3.05, 3.63) is 21.9 Å². The second-order valence-corrected chi connectivity index (χ2v) is 7.52. The molecule has 0 spiro atoms. The molecule has 1 atom stereocenters. The van der Waals surface area contributed by atoms with E-state index in [4.69, 9.17) is 4.74 Å². The van der Waals surface area contributed by atoms with Crippen LogP contribution in [0.5, 0.6) is 0 Å². The summed E-state index contributed by atoms with van der Waals surface area (Å²) in [6.07, 6.45) is 3.69. The van der Waals surface area contributed by atoms with E-state index in [-0.39, 0.29) is 24.0 Å². The molecule has 0 saturated carbocycles. The Balaban J connectivity index is 0.00000312. The third kappa shape index (κ3) is 7.80. The van der Waals surface area contributed by atoms with E-state index in [0.717, 1.165) is 45.4 Å². The maximum atomic E-state index is 5.52. The van der Waals surface area contributed by atoms with Gasteiger partial charge in [-0.25, -0.2) is 0 Å². The molecule has 0 amide bonds. The van der Waals surface area contributed by atoms with Crippen molar-refractivity contribution in [1.82, 2.24) is 15.5 Å². The van der Waals surface area contributed by atoms with Gasteiger partial charge in [-0.1, -0.05) is 19.8 Å². The van der Waals surface area contributed by atoms with Crippen molar-refractivity contribution < 1.29 is 4.74 Å². The first-order valence-electron chi connectivity index (χ1n) is 9.07. The summed E-state index contributed by atoms with van der Waals surface area (Å²) in [6, 6.07) is 4.85. The lowest BCUT2D eigenvalue weighted by Gasteiger charge is -2.34. The van der Waals surface area contributed by atoms with E-state index in [1.165, 1.54) is 29.0 Å². The van der Waals surface area contributed by atoms with Gasteiger partial charge in [-0.3, -0.25) is 9.89 Å². The van der Waals surface area contributed by atoms with Crippen molar-refractivity contribution in [3.63, 3.8) is 0 Å². The van der Waals surface area contributed by atoms with Gasteiger partial charge in [0, 0.05) is 43.0 Å². The fraction of sp³-hybridized carbons (Fsp3) is 0.722. The van der Waals surface area contributed by atoms with E-state index in [0.29, 0.717) is 6.04 Å². The molecule has 1 fully saturated rings. The molecule has 0 radical (unpaired) electrons. The van der Waals surface area contributed by atoms with Crippen molar-refractivity contribution >= 4 is 41.3 Å². The van der Waals surface area contributed by atoms with Crippen LogP contribution in [-0.4, -0.2) is 57.3 Å². The fourth-order valence-electron chi connectivity index (χ4n) is 2.93. The lowest BCUT2D eigenvalue weighted by atomic mass is 10.2. The van der Waals surface area contributed by atoms with Crippen LogP contribution in [0.2, 0.25) is 0 Å². The Kier molecular flexibility index (Phi) is 11.7. The van der Waals surface area contributed by atoms with Crippen molar-refractivity contribution in [1.29, 1.82) is 0 Å². The Hall–Kier alpha value is -0.380. The van der Waals surface area contributed by atoms with Gasteiger partial charge in [-0.2, -0.15) is 0 Å². The van der Waals surface area contributed by atoms with E-state index in [2.05, 4.69) is 46.5 Å². The number of nitrogens with zero attached hydrogens (tertiary/aromatic N) is 2. The molecule has 1 saturated heterocycles. The van der Waals surface area contributed by atoms with Gasteiger partial charge in [-0.05, 0) is 25.5 Å². The Labute approximate surface area is 173 Å². The molecule has 2 N–H and O–H groups in total. The molecule has 1 aromatic rings. The molecule has 7 heteroatoms. The molecule has 0 aliphatic carbocycles. The predicted molar refractivity (Wildman–Crippen MR) is 118 cm³/mol. The number of rotatable bonds is 8. The number of hydrogen-bond donors (Lipinski definition) is 2. The molecule has 0 bridgehead atoms. The lowest BCUT2D eigenvalue weighted by molar-refractivity contribution is 0.0177. The van der Waals surface area contributed by atoms with Crippen LogP contribution in [0.15, 0.2) is 17.1 Å². The summed E-state index contributed by atoms with van der Waals surface area (Å²) in [6.45, 7) is 9.88. The summed E-state index contributed by atoms with van der Waals surface area (Å²) in [5.41, 5.74) is 0. The van der Waals surface area contributed by atoms with E-state index in [1.807, 2.05) is 18.4 Å². The molecule has 1 aliphatic heterocycles. The van der Waals surface area contributed by atoms with E-state index < -0.39 is 0 Å². The first-order chi connectivity index (χ1) is 11.7. The third-order valence-corrected chi connectivity index (χ3v) is 5.44. The van der Waals surface area contributed by atoms with Gasteiger partial charge in [0.05, 0.1) is 19.3 Å². The summed E-state index contributed by atoms with van der Waals surface area (Å²) >= 11 is 1.89. The van der Waals surface area contributed by atoms with Gasteiger partial charge in [0.2, 0.25) is 0 Å². The van der Waals surface area contributed by atoms with Crippen LogP contribution in [0.25, 0.3) is 0 Å². The second-order valence-electron chi connectivity index (χ2n) is 6.20. The van der Waals surface area contributed by atoms with E-state index in [1.54, 1.807) is 0 Å². The molecule has 1 unspecified atom stereocenters. The maximum absolute atomic E-state index is 5.52. The second kappa shape index (κ2) is 12.9. The summed E-state index contributed by atoms with van der Waals surface area (Å²) in [5.74, 6) is 0.901. The molecule has 1 aromatic heterocycles. The van der Waals surface area contributed by atoms with Crippen molar-refractivity contribution in [2.45, 2.75) is 39.2 Å². The first kappa shape index (κ1) is 22.7. The van der Waals surface area contributed by atoms with Crippen molar-refractivity contribution in [3.8, 4) is 0 Å². The third-order valence-electron chi connectivity index (χ3n) is 4.34. The van der Waals surface area contributed by atoms with Gasteiger partial charge < -0.3 is 15.4 Å². The van der Waals surface area contributed by atoms with Crippen LogP contribution in [0.4, 0.5) is 0 Å². The molecular weight excluding hydrogens is 447 g/mol. The Morgan fingerprint density at radius 3 is 2.64 bits per heavy atom. The monoisotopic (exact) mass is 480 g/mol. The molecule has 2 heterocycles. The predicted octanol–water partition coefficient (Wildman–Crippen LogP) is 3.40. The number of guanidine groups is 1. The SMILES string of the molecule is CCCCCNC(=NC)NCC(c1ccc(C)s1)N1CCOCC1.I. The van der Waals surface area contributed by atoms with Crippen LogP contribution < -0.4 is 10.6 Å². The smallest absolute Gasteiger partial charge is 0.191 e. The minimum Gasteiger partial charge on any atom is -0.379 e. The highest BCUT2D eigenvalue weighted by Gasteiger charge is 2.24. The van der Waals surface area contributed by atoms with Crippen LogP contribution in [0.3, 0.4) is 0 Å². The summed E-state index contributed by atoms with van der Waals surface area (Å²) in [4.78, 5) is 9.66. The zero-order valence-corrected chi connectivity index (χ0v) is 18.9. The molecule has 25 heavy (non-hydrogen) atoms. The average molecular weight is 480 g/mol. The highest BCUT2D eigenvalue weighted by atomic mass is 127. The van der Waals surface area contributed by atoms with Crippen molar-refractivity contribution in [2.75, 3.05) is 46.4 Å². The highest BCUT2D eigenvalue weighted by molar-refractivity contribution is 14.0. The lowest BCUT2D eigenvalue weighted by Crippen LogP contribution is -2.46. The molecule has 5 nitrogen and oxygen atoms in total. The number of hydrogen-bond acceptors (Lipinski definition) is 4. The summed E-state index contributed by atoms with van der Waals surface area (Å²) < 4.78 is 5.52. The zero-order valence-electron chi connectivity index (χ0n) is 15.7. The van der Waals surface area contributed by atoms with Gasteiger partial charge in [0.25, 0.3) is 0 Å². The topological polar surface area (TPSA) is 48.9 Å². The summed E-state index contributed by atoms with van der Waals surface area (Å²) in [7, 11) is 1.84. The largest absolute Gasteiger partial charge is 0.379 e. The van der Waals surface area contributed by atoms with Crippen LogP contribution in [-0.2, 0) is 4.74 Å². The van der Waals surface area contributed by atoms with Gasteiger partial charge in [-0.15, -0.1) is 35.3 Å². The number of ether oxygens (including phenoxy) is 1. The normalized spacial score (nSPS) is 17.0. The Bertz CT molecular complexity index is 503. The molecular formula is C18H33IN4OS. The number of nitrogens with one attached hydrogen (secondary N) is 2. The number of aryl methyl sites for hydroxylation is 1. The Morgan fingerprint density at radius 1 is 1.28 bits per heavy atom. The van der Waals surface area contributed by atoms with Crippen molar-refractivity contribution in [2.24, 2.45) is 4.99 Å². The minimum atomic E-state index is 0. The number of morpholine rings is 1. The Morgan fingerprint density at radius 2 is 2.04 bits per heavy atom. The maximum Gasteiger partial charge on any atom is 0.191 e. The number of aliphatic imine (C=N–C) groups is 1. The van der Waals surface area contributed by atoms with E-state index >= 15 is 0 Å². The molecule has 1 aliphatic rings. The standard InChI is InChI=1S/C18H32N4OS.HI/c1-4-5-6-9-20-18(19-3)21-14-16(17-8-7-15(2)24-17)22-10-12-23-13-11-22;/h7-8,16H,4-6,9-14H2,1-3H3,(H2,19,20,21);1H. The van der Waals surface area contributed by atoms with Crippen LogP contribution >= 0.6 is 35.3 Å². The number of unbranched alkanes of at least 4 members (excludes halogenated alkanes) is 2. The highest BCUT2D eigenvalue weighted by Crippen LogP contribution is 2.27. The van der Waals surface area contributed by atoms with Gasteiger partial charge >= 0.3 is 0 Å². The van der Waals surface area contributed by atoms with Crippen LogP contribution in [0.1, 0.15) is 42.0 Å². The van der Waals surface area contributed by atoms with Crippen LogP contribution in [0, 0.1) is 6.92 Å². The average Bonchev–Trinajstić information content (AvgIpc) is 3.04. The summed E-state index contributed by atoms with van der Waals surface area (Å²) in [5, 5.41) is 6.93. The zero-order chi connectivity index (χ0) is 17.2. The molecule has 144 valence electrons.